The van der Waals surface area contributed by atoms with Crippen molar-refractivity contribution in [3.8, 4) is 0 Å². The van der Waals surface area contributed by atoms with Crippen LogP contribution in [0.2, 0.25) is 0 Å². The van der Waals surface area contributed by atoms with Crippen molar-refractivity contribution >= 4 is 22.5 Å². The summed E-state index contributed by atoms with van der Waals surface area (Å²) < 4.78 is 0. The molecule has 1 saturated heterocycles. The molecule has 0 saturated carbocycles. The molecule has 0 bridgehead atoms. The number of aromatic nitrogens is 1. The average molecular weight is 257 g/mol. The fourth-order valence-corrected chi connectivity index (χ4v) is 2.78. The SMILES string of the molecule is Cc1[nH]c2ccccc2c1NC(=O)CC1CCNC1. The first-order valence-electron chi connectivity index (χ1n) is 6.82. The van der Waals surface area contributed by atoms with Crippen molar-refractivity contribution in [2.45, 2.75) is 19.8 Å². The summed E-state index contributed by atoms with van der Waals surface area (Å²) in [7, 11) is 0. The quantitative estimate of drug-likeness (QED) is 0.791. The van der Waals surface area contributed by atoms with Crippen molar-refractivity contribution < 1.29 is 4.79 Å². The number of hydrogen-bond donors (Lipinski definition) is 3. The predicted molar refractivity (Wildman–Crippen MR) is 77.3 cm³/mol. The molecule has 1 amide bonds. The minimum atomic E-state index is 0.113. The Balaban J connectivity index is 1.77. The molecule has 1 atom stereocenters. The van der Waals surface area contributed by atoms with Crippen molar-refractivity contribution in [2.75, 3.05) is 18.4 Å². The molecule has 2 aromatic rings. The molecule has 0 aliphatic carbocycles. The van der Waals surface area contributed by atoms with E-state index < -0.39 is 0 Å². The Bertz CT molecular complexity index is 596. The number of aromatic amines is 1. The van der Waals surface area contributed by atoms with Gasteiger partial charge in [-0.2, -0.15) is 0 Å². The van der Waals surface area contributed by atoms with Crippen molar-refractivity contribution in [2.24, 2.45) is 5.92 Å². The van der Waals surface area contributed by atoms with Crippen molar-refractivity contribution in [3.05, 3.63) is 30.0 Å². The minimum absolute atomic E-state index is 0.113. The molecule has 2 heterocycles. The van der Waals surface area contributed by atoms with Crippen LogP contribution in [0.4, 0.5) is 5.69 Å². The van der Waals surface area contributed by atoms with Gasteiger partial charge < -0.3 is 15.6 Å². The van der Waals surface area contributed by atoms with E-state index in [2.05, 4.69) is 15.6 Å². The van der Waals surface area contributed by atoms with Crippen molar-refractivity contribution in [1.82, 2.24) is 10.3 Å². The normalized spacial score (nSPS) is 18.9. The van der Waals surface area contributed by atoms with Gasteiger partial charge in [0.2, 0.25) is 5.91 Å². The summed E-state index contributed by atoms with van der Waals surface area (Å²) in [5.41, 5.74) is 3.00. The van der Waals surface area contributed by atoms with Gasteiger partial charge in [0.1, 0.15) is 0 Å². The first-order valence-corrected chi connectivity index (χ1v) is 6.82. The van der Waals surface area contributed by atoms with E-state index in [-0.39, 0.29) is 5.91 Å². The largest absolute Gasteiger partial charge is 0.357 e. The maximum atomic E-state index is 12.1. The average Bonchev–Trinajstić information content (AvgIpc) is 2.99. The zero-order valence-electron chi connectivity index (χ0n) is 11.1. The highest BCUT2D eigenvalue weighted by atomic mass is 16.1. The van der Waals surface area contributed by atoms with Crippen LogP contribution in [0.5, 0.6) is 0 Å². The van der Waals surface area contributed by atoms with Gasteiger partial charge in [0, 0.05) is 23.0 Å². The molecule has 1 unspecified atom stereocenters. The van der Waals surface area contributed by atoms with Crippen LogP contribution in [0.1, 0.15) is 18.5 Å². The highest BCUT2D eigenvalue weighted by Gasteiger charge is 2.19. The second kappa shape index (κ2) is 5.05. The van der Waals surface area contributed by atoms with Crippen LogP contribution < -0.4 is 10.6 Å². The third-order valence-electron chi connectivity index (χ3n) is 3.79. The second-order valence-electron chi connectivity index (χ2n) is 5.28. The number of rotatable bonds is 3. The molecule has 0 spiro atoms. The van der Waals surface area contributed by atoms with E-state index in [1.54, 1.807) is 0 Å². The standard InChI is InChI=1S/C15H19N3O/c1-10-15(12-4-2-3-5-13(12)17-10)18-14(19)8-11-6-7-16-9-11/h2-5,11,16-17H,6-9H2,1H3,(H,18,19). The van der Waals surface area contributed by atoms with E-state index in [0.717, 1.165) is 41.8 Å². The van der Waals surface area contributed by atoms with Gasteiger partial charge >= 0.3 is 0 Å². The number of para-hydroxylation sites is 1. The van der Waals surface area contributed by atoms with Gasteiger partial charge in [-0.1, -0.05) is 18.2 Å². The Morgan fingerprint density at radius 3 is 3.05 bits per heavy atom. The number of aryl methyl sites for hydroxylation is 1. The molecule has 100 valence electrons. The fraction of sp³-hybridized carbons (Fsp3) is 0.400. The van der Waals surface area contributed by atoms with E-state index in [4.69, 9.17) is 0 Å². The van der Waals surface area contributed by atoms with Gasteiger partial charge in [-0.15, -0.1) is 0 Å². The lowest BCUT2D eigenvalue weighted by molar-refractivity contribution is -0.116. The fourth-order valence-electron chi connectivity index (χ4n) is 2.78. The number of nitrogens with one attached hydrogen (secondary N) is 3. The monoisotopic (exact) mass is 257 g/mol. The van der Waals surface area contributed by atoms with E-state index in [9.17, 15) is 4.79 Å². The summed E-state index contributed by atoms with van der Waals surface area (Å²) in [6.07, 6.45) is 1.70. The van der Waals surface area contributed by atoms with Gasteiger partial charge in [0.25, 0.3) is 0 Å². The predicted octanol–water partition coefficient (Wildman–Crippen LogP) is 2.41. The zero-order chi connectivity index (χ0) is 13.2. The van der Waals surface area contributed by atoms with Gasteiger partial charge in [0.15, 0.2) is 0 Å². The van der Waals surface area contributed by atoms with Crippen LogP contribution in [-0.4, -0.2) is 24.0 Å². The summed E-state index contributed by atoms with van der Waals surface area (Å²) in [6, 6.07) is 8.05. The number of fused-ring (bicyclic) bond motifs is 1. The van der Waals surface area contributed by atoms with Gasteiger partial charge in [-0.05, 0) is 38.4 Å². The Kier molecular flexibility index (Phi) is 3.25. The van der Waals surface area contributed by atoms with Crippen LogP contribution in [-0.2, 0) is 4.79 Å². The van der Waals surface area contributed by atoms with Crippen LogP contribution in [0.25, 0.3) is 10.9 Å². The summed E-state index contributed by atoms with van der Waals surface area (Å²) in [5.74, 6) is 0.590. The molecule has 3 rings (SSSR count). The summed E-state index contributed by atoms with van der Waals surface area (Å²) >= 11 is 0. The smallest absolute Gasteiger partial charge is 0.224 e. The van der Waals surface area contributed by atoms with Gasteiger partial charge in [-0.3, -0.25) is 4.79 Å². The zero-order valence-corrected chi connectivity index (χ0v) is 11.1. The Morgan fingerprint density at radius 2 is 2.26 bits per heavy atom. The summed E-state index contributed by atoms with van der Waals surface area (Å²) in [5, 5.41) is 7.43. The van der Waals surface area contributed by atoms with E-state index in [0.29, 0.717) is 12.3 Å². The summed E-state index contributed by atoms with van der Waals surface area (Å²) in [4.78, 5) is 15.4. The number of carbonyl (C=O) groups excluding carboxylic acids is 1. The highest BCUT2D eigenvalue weighted by molar-refractivity contribution is 6.03. The van der Waals surface area contributed by atoms with E-state index in [1.807, 2.05) is 31.2 Å². The summed E-state index contributed by atoms with van der Waals surface area (Å²) in [6.45, 7) is 3.98. The van der Waals surface area contributed by atoms with Gasteiger partial charge in [-0.25, -0.2) is 0 Å². The minimum Gasteiger partial charge on any atom is -0.357 e. The molecule has 0 radical (unpaired) electrons. The molecule has 4 heteroatoms. The first-order chi connectivity index (χ1) is 9.24. The Labute approximate surface area is 112 Å². The molecule has 1 aromatic heterocycles. The molecule has 1 aromatic carbocycles. The third-order valence-corrected chi connectivity index (χ3v) is 3.79. The molecular formula is C15H19N3O. The van der Waals surface area contributed by atoms with Crippen molar-refractivity contribution in [1.29, 1.82) is 0 Å². The molecular weight excluding hydrogens is 238 g/mol. The molecule has 3 N–H and O–H groups in total. The first kappa shape index (κ1) is 12.2. The van der Waals surface area contributed by atoms with E-state index >= 15 is 0 Å². The number of hydrogen-bond acceptors (Lipinski definition) is 2. The number of anilines is 1. The second-order valence-corrected chi connectivity index (χ2v) is 5.28. The lowest BCUT2D eigenvalue weighted by atomic mass is 10.0. The Morgan fingerprint density at radius 1 is 1.42 bits per heavy atom. The van der Waals surface area contributed by atoms with Crippen molar-refractivity contribution in [3.63, 3.8) is 0 Å². The molecule has 1 aliphatic rings. The molecule has 19 heavy (non-hydrogen) atoms. The highest BCUT2D eigenvalue weighted by Crippen LogP contribution is 2.27. The lowest BCUT2D eigenvalue weighted by Crippen LogP contribution is -2.18. The molecule has 1 fully saturated rings. The van der Waals surface area contributed by atoms with Gasteiger partial charge in [0.05, 0.1) is 5.69 Å². The third kappa shape index (κ3) is 2.49. The van der Waals surface area contributed by atoms with Crippen LogP contribution in [0.3, 0.4) is 0 Å². The van der Waals surface area contributed by atoms with Crippen LogP contribution in [0.15, 0.2) is 24.3 Å². The number of H-pyrrole nitrogens is 1. The molecule has 1 aliphatic heterocycles. The maximum Gasteiger partial charge on any atom is 0.224 e. The van der Waals surface area contributed by atoms with Crippen LogP contribution >= 0.6 is 0 Å². The topological polar surface area (TPSA) is 56.9 Å². The number of amides is 1. The Hall–Kier alpha value is -1.81. The number of carbonyl (C=O) groups is 1. The molecule has 4 nitrogen and oxygen atoms in total. The van der Waals surface area contributed by atoms with E-state index in [1.165, 1.54) is 0 Å². The maximum absolute atomic E-state index is 12.1. The van der Waals surface area contributed by atoms with Crippen LogP contribution in [0, 0.1) is 12.8 Å². The number of benzene rings is 1. The lowest BCUT2D eigenvalue weighted by Gasteiger charge is -2.09.